The van der Waals surface area contributed by atoms with Gasteiger partial charge in [-0.25, -0.2) is 9.97 Å². The van der Waals surface area contributed by atoms with Gasteiger partial charge < -0.3 is 20.5 Å². The maximum Gasteiger partial charge on any atom is 0.204 e. The molecule has 0 saturated heterocycles. The standard InChI is InChI=1S/C13H16N4O2/c1-8-6-9(4-5-10(8)18-2)17-13-11(19-3)12(14)15-7-16-13/h4-7H,1-3H3,(H3,14,15,16,17). The minimum atomic E-state index is 0.297. The van der Waals surface area contributed by atoms with Gasteiger partial charge in [0.1, 0.15) is 12.1 Å². The summed E-state index contributed by atoms with van der Waals surface area (Å²) in [5, 5.41) is 3.14. The van der Waals surface area contributed by atoms with E-state index in [2.05, 4.69) is 15.3 Å². The maximum absolute atomic E-state index is 5.72. The van der Waals surface area contributed by atoms with Gasteiger partial charge in [0, 0.05) is 5.69 Å². The zero-order chi connectivity index (χ0) is 13.8. The highest BCUT2D eigenvalue weighted by molar-refractivity contribution is 5.68. The predicted octanol–water partition coefficient (Wildman–Crippen LogP) is 2.13. The normalized spacial score (nSPS) is 10.1. The highest BCUT2D eigenvalue weighted by Gasteiger charge is 2.10. The number of rotatable bonds is 4. The average molecular weight is 260 g/mol. The zero-order valence-electron chi connectivity index (χ0n) is 11.1. The number of nitrogens with zero attached hydrogens (tertiary/aromatic N) is 2. The number of nitrogens with one attached hydrogen (secondary N) is 1. The Kier molecular flexibility index (Phi) is 3.70. The minimum absolute atomic E-state index is 0.297. The van der Waals surface area contributed by atoms with Gasteiger partial charge in [0.05, 0.1) is 14.2 Å². The van der Waals surface area contributed by atoms with Gasteiger partial charge in [-0.3, -0.25) is 0 Å². The number of benzene rings is 1. The lowest BCUT2D eigenvalue weighted by Gasteiger charge is -2.12. The van der Waals surface area contributed by atoms with Gasteiger partial charge in [0.15, 0.2) is 11.6 Å². The Morgan fingerprint density at radius 3 is 2.58 bits per heavy atom. The van der Waals surface area contributed by atoms with Crippen molar-refractivity contribution in [3.63, 3.8) is 0 Å². The second-order valence-corrected chi connectivity index (χ2v) is 3.95. The van der Waals surface area contributed by atoms with Crippen molar-refractivity contribution in [3.05, 3.63) is 30.1 Å². The van der Waals surface area contributed by atoms with Crippen molar-refractivity contribution in [1.29, 1.82) is 0 Å². The molecule has 19 heavy (non-hydrogen) atoms. The van der Waals surface area contributed by atoms with Gasteiger partial charge in [0.25, 0.3) is 0 Å². The molecule has 0 atom stereocenters. The molecular weight excluding hydrogens is 244 g/mol. The zero-order valence-corrected chi connectivity index (χ0v) is 11.1. The fourth-order valence-corrected chi connectivity index (χ4v) is 1.77. The second kappa shape index (κ2) is 5.43. The summed E-state index contributed by atoms with van der Waals surface area (Å²) in [4.78, 5) is 8.00. The van der Waals surface area contributed by atoms with E-state index in [0.29, 0.717) is 17.4 Å². The summed E-state index contributed by atoms with van der Waals surface area (Å²) in [7, 11) is 3.17. The number of hydrogen-bond acceptors (Lipinski definition) is 6. The van der Waals surface area contributed by atoms with Crippen LogP contribution in [0.1, 0.15) is 5.56 Å². The second-order valence-electron chi connectivity index (χ2n) is 3.95. The lowest BCUT2D eigenvalue weighted by atomic mass is 10.2. The molecule has 0 aliphatic rings. The Hall–Kier alpha value is -2.50. The van der Waals surface area contributed by atoms with Crippen LogP contribution in [0.25, 0.3) is 0 Å². The SMILES string of the molecule is COc1ccc(Nc2ncnc(N)c2OC)cc1C. The van der Waals surface area contributed by atoms with Crippen molar-refractivity contribution >= 4 is 17.3 Å². The molecule has 2 rings (SSSR count). The first-order valence-electron chi connectivity index (χ1n) is 5.72. The molecule has 1 aromatic carbocycles. The van der Waals surface area contributed by atoms with E-state index in [1.54, 1.807) is 7.11 Å². The quantitative estimate of drug-likeness (QED) is 0.876. The molecule has 1 heterocycles. The molecule has 0 unspecified atom stereocenters. The average Bonchev–Trinajstić information content (AvgIpc) is 2.39. The number of ether oxygens (including phenoxy) is 2. The summed E-state index contributed by atoms with van der Waals surface area (Å²) in [5.74, 6) is 2.08. The molecule has 6 heteroatoms. The van der Waals surface area contributed by atoms with E-state index in [4.69, 9.17) is 15.2 Å². The largest absolute Gasteiger partial charge is 0.496 e. The van der Waals surface area contributed by atoms with E-state index in [1.807, 2.05) is 25.1 Å². The Morgan fingerprint density at radius 1 is 1.16 bits per heavy atom. The van der Waals surface area contributed by atoms with Gasteiger partial charge in [0.2, 0.25) is 5.75 Å². The molecule has 1 aromatic heterocycles. The molecule has 2 aromatic rings. The fraction of sp³-hybridized carbons (Fsp3) is 0.231. The molecule has 0 saturated carbocycles. The molecule has 6 nitrogen and oxygen atoms in total. The summed E-state index contributed by atoms with van der Waals surface area (Å²) < 4.78 is 10.4. The fourth-order valence-electron chi connectivity index (χ4n) is 1.77. The molecule has 0 bridgehead atoms. The number of hydrogen-bond donors (Lipinski definition) is 2. The third-order valence-electron chi connectivity index (χ3n) is 2.69. The lowest BCUT2D eigenvalue weighted by Crippen LogP contribution is -2.03. The molecule has 3 N–H and O–H groups in total. The highest BCUT2D eigenvalue weighted by atomic mass is 16.5. The Balaban J connectivity index is 2.31. The van der Waals surface area contributed by atoms with Crippen molar-refractivity contribution in [2.45, 2.75) is 6.92 Å². The Morgan fingerprint density at radius 2 is 1.95 bits per heavy atom. The molecular formula is C13H16N4O2. The Labute approximate surface area is 111 Å². The monoisotopic (exact) mass is 260 g/mol. The van der Waals surface area contributed by atoms with Crippen LogP contribution in [-0.4, -0.2) is 24.2 Å². The molecule has 0 radical (unpaired) electrons. The van der Waals surface area contributed by atoms with Gasteiger partial charge in [-0.2, -0.15) is 0 Å². The van der Waals surface area contributed by atoms with Crippen LogP contribution in [0.15, 0.2) is 24.5 Å². The van der Waals surface area contributed by atoms with Crippen LogP contribution in [0.2, 0.25) is 0 Å². The minimum Gasteiger partial charge on any atom is -0.496 e. The molecule has 0 aliphatic carbocycles. The van der Waals surface area contributed by atoms with Crippen LogP contribution in [0.3, 0.4) is 0 Å². The van der Waals surface area contributed by atoms with Gasteiger partial charge in [-0.1, -0.05) is 0 Å². The third-order valence-corrected chi connectivity index (χ3v) is 2.69. The van der Waals surface area contributed by atoms with Gasteiger partial charge in [-0.15, -0.1) is 0 Å². The molecule has 100 valence electrons. The van der Waals surface area contributed by atoms with E-state index in [1.165, 1.54) is 13.4 Å². The molecule has 0 aliphatic heterocycles. The number of aryl methyl sites for hydroxylation is 1. The molecule has 0 spiro atoms. The van der Waals surface area contributed by atoms with Crippen LogP contribution in [0, 0.1) is 6.92 Å². The lowest BCUT2D eigenvalue weighted by molar-refractivity contribution is 0.411. The number of aromatic nitrogens is 2. The molecule has 0 amide bonds. The smallest absolute Gasteiger partial charge is 0.204 e. The summed E-state index contributed by atoms with van der Waals surface area (Å²) in [6, 6.07) is 5.73. The van der Waals surface area contributed by atoms with Crippen molar-refractivity contribution in [3.8, 4) is 11.5 Å². The predicted molar refractivity (Wildman–Crippen MR) is 74.0 cm³/mol. The number of methoxy groups -OCH3 is 2. The third kappa shape index (κ3) is 2.67. The summed E-state index contributed by atoms with van der Waals surface area (Å²) in [6.45, 7) is 1.97. The van der Waals surface area contributed by atoms with E-state index in [-0.39, 0.29) is 0 Å². The van der Waals surface area contributed by atoms with Gasteiger partial charge >= 0.3 is 0 Å². The first-order chi connectivity index (χ1) is 9.15. The van der Waals surface area contributed by atoms with E-state index < -0.39 is 0 Å². The van der Waals surface area contributed by atoms with Crippen LogP contribution in [-0.2, 0) is 0 Å². The summed E-state index contributed by atoms with van der Waals surface area (Å²) in [6.07, 6.45) is 1.39. The van der Waals surface area contributed by atoms with E-state index in [9.17, 15) is 0 Å². The molecule has 0 fully saturated rings. The van der Waals surface area contributed by atoms with Crippen molar-refractivity contribution < 1.29 is 9.47 Å². The first kappa shape index (κ1) is 12.9. The maximum atomic E-state index is 5.72. The number of nitrogens with two attached hydrogens (primary N) is 1. The number of anilines is 3. The van der Waals surface area contributed by atoms with Crippen LogP contribution < -0.4 is 20.5 Å². The van der Waals surface area contributed by atoms with E-state index >= 15 is 0 Å². The van der Waals surface area contributed by atoms with Crippen molar-refractivity contribution in [1.82, 2.24) is 9.97 Å². The highest BCUT2D eigenvalue weighted by Crippen LogP contribution is 2.30. The summed E-state index contributed by atoms with van der Waals surface area (Å²) >= 11 is 0. The van der Waals surface area contributed by atoms with Crippen LogP contribution in [0.5, 0.6) is 11.5 Å². The first-order valence-corrected chi connectivity index (χ1v) is 5.72. The Bertz CT molecular complexity index is 587. The van der Waals surface area contributed by atoms with E-state index in [0.717, 1.165) is 17.0 Å². The topological polar surface area (TPSA) is 82.3 Å². The van der Waals surface area contributed by atoms with Crippen LogP contribution in [0.4, 0.5) is 17.3 Å². The summed E-state index contributed by atoms with van der Waals surface area (Å²) in [5.41, 5.74) is 7.62. The van der Waals surface area contributed by atoms with Gasteiger partial charge in [-0.05, 0) is 30.7 Å². The van der Waals surface area contributed by atoms with Crippen molar-refractivity contribution in [2.24, 2.45) is 0 Å². The number of nitrogen functional groups attached to an aromatic ring is 1. The van der Waals surface area contributed by atoms with Crippen LogP contribution >= 0.6 is 0 Å². The van der Waals surface area contributed by atoms with Crippen molar-refractivity contribution in [2.75, 3.05) is 25.3 Å².